The van der Waals surface area contributed by atoms with Gasteiger partial charge < -0.3 is 9.80 Å². The highest BCUT2D eigenvalue weighted by molar-refractivity contribution is 7.10. The van der Waals surface area contributed by atoms with Crippen LogP contribution in [0.25, 0.3) is 0 Å². The molecular weight excluding hydrogens is 487 g/mol. The van der Waals surface area contributed by atoms with Gasteiger partial charge in [-0.1, -0.05) is 53.0 Å². The molecule has 2 aromatic carbocycles. The van der Waals surface area contributed by atoms with Crippen LogP contribution in [0.1, 0.15) is 58.7 Å². The number of thiophene rings is 1. The largest absolute Gasteiger partial charge is 0.330 e. The summed E-state index contributed by atoms with van der Waals surface area (Å²) in [4.78, 5) is 32.1. The minimum Gasteiger partial charge on any atom is -0.330 e. The SMILES string of the molecule is Cc1ccc(C2c3ccsc3CCN2C(=O)CN(C(=O)c2cc(Cl)cc(Cl)c2)C(C)(C)C)cc1. The predicted octanol–water partition coefficient (Wildman–Crippen LogP) is 6.78. The fourth-order valence-electron chi connectivity index (χ4n) is 4.37. The lowest BCUT2D eigenvalue weighted by molar-refractivity contribution is -0.135. The fraction of sp³-hybridized carbons (Fsp3) is 0.333. The molecule has 0 saturated heterocycles. The van der Waals surface area contributed by atoms with Crippen LogP contribution in [0.3, 0.4) is 0 Å². The number of hydrogen-bond acceptors (Lipinski definition) is 3. The molecule has 34 heavy (non-hydrogen) atoms. The highest BCUT2D eigenvalue weighted by Gasteiger charge is 2.36. The molecule has 178 valence electrons. The van der Waals surface area contributed by atoms with E-state index >= 15 is 0 Å². The number of amides is 2. The van der Waals surface area contributed by atoms with Crippen LogP contribution in [0.4, 0.5) is 0 Å². The zero-order valence-electron chi connectivity index (χ0n) is 19.8. The molecule has 1 aliphatic heterocycles. The van der Waals surface area contributed by atoms with Gasteiger partial charge in [-0.3, -0.25) is 9.59 Å². The molecule has 7 heteroatoms. The first-order chi connectivity index (χ1) is 16.0. The Labute approximate surface area is 215 Å². The molecule has 0 spiro atoms. The summed E-state index contributed by atoms with van der Waals surface area (Å²) in [6.45, 7) is 8.41. The molecule has 2 amide bonds. The van der Waals surface area contributed by atoms with Gasteiger partial charge in [-0.05, 0) is 74.9 Å². The van der Waals surface area contributed by atoms with Crippen LogP contribution in [0.15, 0.2) is 53.9 Å². The molecule has 0 fully saturated rings. The standard InChI is InChI=1S/C27H28Cl2N2O2S/c1-17-5-7-18(8-6-17)25-22-10-12-34-23(22)9-11-30(25)24(32)16-31(27(2,3)4)26(33)19-13-20(28)15-21(29)14-19/h5-8,10,12-15,25H,9,11,16H2,1-4H3. The van der Waals surface area contributed by atoms with Crippen molar-refractivity contribution in [3.8, 4) is 0 Å². The first-order valence-electron chi connectivity index (χ1n) is 11.2. The van der Waals surface area contributed by atoms with E-state index in [1.54, 1.807) is 34.4 Å². The minimum atomic E-state index is -0.579. The van der Waals surface area contributed by atoms with Crippen LogP contribution in [-0.2, 0) is 11.2 Å². The van der Waals surface area contributed by atoms with E-state index in [0.717, 1.165) is 12.0 Å². The maximum Gasteiger partial charge on any atom is 0.254 e. The van der Waals surface area contributed by atoms with Crippen molar-refractivity contribution in [2.24, 2.45) is 0 Å². The Morgan fingerprint density at radius 2 is 1.71 bits per heavy atom. The Bertz CT molecular complexity index is 1190. The van der Waals surface area contributed by atoms with Crippen LogP contribution in [0.2, 0.25) is 10.0 Å². The maximum atomic E-state index is 13.8. The van der Waals surface area contributed by atoms with Crippen molar-refractivity contribution in [1.29, 1.82) is 0 Å². The number of hydrogen-bond donors (Lipinski definition) is 0. The summed E-state index contributed by atoms with van der Waals surface area (Å²) >= 11 is 14.0. The summed E-state index contributed by atoms with van der Waals surface area (Å²) in [5.41, 5.74) is 3.21. The van der Waals surface area contributed by atoms with Gasteiger partial charge in [0.25, 0.3) is 5.91 Å². The van der Waals surface area contributed by atoms with Gasteiger partial charge in [-0.2, -0.15) is 0 Å². The van der Waals surface area contributed by atoms with Crippen LogP contribution in [0, 0.1) is 6.92 Å². The van der Waals surface area contributed by atoms with Gasteiger partial charge in [0.15, 0.2) is 0 Å². The van der Waals surface area contributed by atoms with E-state index in [1.807, 2.05) is 25.7 Å². The van der Waals surface area contributed by atoms with Gasteiger partial charge in [0.1, 0.15) is 6.54 Å². The Kier molecular flexibility index (Phi) is 7.09. The number of benzene rings is 2. The van der Waals surface area contributed by atoms with Crippen molar-refractivity contribution in [2.45, 2.75) is 45.7 Å². The molecule has 1 atom stereocenters. The lowest BCUT2D eigenvalue weighted by atomic mass is 9.92. The normalized spacial score (nSPS) is 15.7. The van der Waals surface area contributed by atoms with Crippen LogP contribution >= 0.6 is 34.5 Å². The number of aryl methyl sites for hydroxylation is 1. The second-order valence-corrected chi connectivity index (χ2v) is 11.5. The highest BCUT2D eigenvalue weighted by atomic mass is 35.5. The quantitative estimate of drug-likeness (QED) is 0.385. The molecule has 0 bridgehead atoms. The number of carbonyl (C=O) groups is 2. The van der Waals surface area contributed by atoms with Gasteiger partial charge in [0.2, 0.25) is 5.91 Å². The van der Waals surface area contributed by atoms with Gasteiger partial charge >= 0.3 is 0 Å². The first-order valence-corrected chi connectivity index (χ1v) is 12.9. The van der Waals surface area contributed by atoms with Gasteiger partial charge in [-0.15, -0.1) is 11.3 Å². The lowest BCUT2D eigenvalue weighted by Crippen LogP contribution is -2.52. The van der Waals surface area contributed by atoms with Crippen LogP contribution in [0.5, 0.6) is 0 Å². The Morgan fingerprint density at radius 1 is 1.06 bits per heavy atom. The molecule has 0 radical (unpaired) electrons. The van der Waals surface area contributed by atoms with E-state index in [0.29, 0.717) is 22.2 Å². The molecule has 1 unspecified atom stereocenters. The van der Waals surface area contributed by atoms with Gasteiger partial charge in [-0.25, -0.2) is 0 Å². The number of nitrogens with zero attached hydrogens (tertiary/aromatic N) is 2. The lowest BCUT2D eigenvalue weighted by Gasteiger charge is -2.40. The molecule has 0 aliphatic carbocycles. The molecule has 1 aromatic heterocycles. The molecule has 1 aliphatic rings. The van der Waals surface area contributed by atoms with E-state index in [1.165, 1.54) is 16.0 Å². The Morgan fingerprint density at radius 3 is 2.32 bits per heavy atom. The van der Waals surface area contributed by atoms with Crippen LogP contribution in [-0.4, -0.2) is 40.2 Å². The predicted molar refractivity (Wildman–Crippen MR) is 140 cm³/mol. The Balaban J connectivity index is 1.66. The van der Waals surface area contributed by atoms with Crippen LogP contribution < -0.4 is 0 Å². The van der Waals surface area contributed by atoms with Gasteiger partial charge in [0, 0.05) is 32.6 Å². The average Bonchev–Trinajstić information content (AvgIpc) is 3.24. The molecule has 4 nitrogen and oxygen atoms in total. The zero-order valence-corrected chi connectivity index (χ0v) is 22.1. The third-order valence-electron chi connectivity index (χ3n) is 6.14. The number of halogens is 2. The van der Waals surface area contributed by atoms with E-state index in [2.05, 4.69) is 42.6 Å². The fourth-order valence-corrected chi connectivity index (χ4v) is 5.80. The number of rotatable bonds is 4. The number of carbonyl (C=O) groups excluding carboxylic acids is 2. The van der Waals surface area contributed by atoms with E-state index in [-0.39, 0.29) is 24.4 Å². The second-order valence-electron chi connectivity index (χ2n) is 9.67. The zero-order chi connectivity index (χ0) is 24.6. The van der Waals surface area contributed by atoms with E-state index in [4.69, 9.17) is 23.2 Å². The first kappa shape index (κ1) is 24.8. The van der Waals surface area contributed by atoms with Gasteiger partial charge in [0.05, 0.1) is 6.04 Å². The topological polar surface area (TPSA) is 40.6 Å². The summed E-state index contributed by atoms with van der Waals surface area (Å²) in [6, 6.07) is 15.1. The molecule has 0 saturated carbocycles. The van der Waals surface area contributed by atoms with E-state index < -0.39 is 5.54 Å². The second kappa shape index (κ2) is 9.73. The number of fused-ring (bicyclic) bond motifs is 1. The summed E-state index contributed by atoms with van der Waals surface area (Å²) in [6.07, 6.45) is 0.814. The van der Waals surface area contributed by atoms with Crippen molar-refractivity contribution >= 4 is 46.4 Å². The van der Waals surface area contributed by atoms with Crippen molar-refractivity contribution < 1.29 is 9.59 Å². The highest BCUT2D eigenvalue weighted by Crippen LogP contribution is 2.38. The third kappa shape index (κ3) is 5.17. The summed E-state index contributed by atoms with van der Waals surface area (Å²) in [5.74, 6) is -0.357. The molecule has 3 aromatic rings. The van der Waals surface area contributed by atoms with Crippen molar-refractivity contribution in [3.05, 3.63) is 91.1 Å². The maximum absolute atomic E-state index is 13.8. The third-order valence-corrected chi connectivity index (χ3v) is 7.57. The summed E-state index contributed by atoms with van der Waals surface area (Å²) in [5, 5.41) is 2.86. The Hall–Kier alpha value is -2.34. The minimum absolute atomic E-state index is 0.0334. The van der Waals surface area contributed by atoms with Crippen molar-refractivity contribution in [3.63, 3.8) is 0 Å². The van der Waals surface area contributed by atoms with E-state index in [9.17, 15) is 9.59 Å². The molecular formula is C27H28Cl2N2O2S. The molecule has 2 heterocycles. The molecule has 0 N–H and O–H groups in total. The summed E-state index contributed by atoms with van der Waals surface area (Å²) in [7, 11) is 0. The molecule has 4 rings (SSSR count). The van der Waals surface area contributed by atoms with Crippen molar-refractivity contribution in [1.82, 2.24) is 9.80 Å². The summed E-state index contributed by atoms with van der Waals surface area (Å²) < 4.78 is 0. The monoisotopic (exact) mass is 514 g/mol. The van der Waals surface area contributed by atoms with Crippen molar-refractivity contribution in [2.75, 3.05) is 13.1 Å². The average molecular weight is 516 g/mol. The smallest absolute Gasteiger partial charge is 0.254 e.